The van der Waals surface area contributed by atoms with Gasteiger partial charge in [-0.2, -0.15) is 0 Å². The van der Waals surface area contributed by atoms with Crippen LogP contribution in [0.2, 0.25) is 0 Å². The predicted molar refractivity (Wildman–Crippen MR) is 56.0 cm³/mol. The molecule has 1 heterocycles. The van der Waals surface area contributed by atoms with Gasteiger partial charge in [-0.3, -0.25) is 0 Å². The van der Waals surface area contributed by atoms with E-state index in [1.54, 1.807) is 0 Å². The Bertz CT molecular complexity index is 212. The lowest BCUT2D eigenvalue weighted by molar-refractivity contribution is 0.00634. The van der Waals surface area contributed by atoms with Crippen molar-refractivity contribution in [2.24, 2.45) is 11.8 Å². The Morgan fingerprint density at radius 2 is 1.64 bits per heavy atom. The molecule has 0 amide bonds. The molecule has 80 valence electrons. The highest BCUT2D eigenvalue weighted by Crippen LogP contribution is 2.44. The quantitative estimate of drug-likeness (QED) is 0.687. The van der Waals surface area contributed by atoms with Gasteiger partial charge in [-0.25, -0.2) is 0 Å². The maximum atomic E-state index is 10.1. The first-order chi connectivity index (χ1) is 6.86. The predicted octanol–water partition coefficient (Wildman–Crippen LogP) is 1.63. The minimum Gasteiger partial charge on any atom is -0.392 e. The summed E-state index contributed by atoms with van der Waals surface area (Å²) in [6.45, 7) is 2.58. The van der Waals surface area contributed by atoms with Gasteiger partial charge in [-0.05, 0) is 57.5 Å². The van der Waals surface area contributed by atoms with Crippen LogP contribution in [0, 0.1) is 11.8 Å². The molecule has 0 aromatic heterocycles. The molecule has 1 N–H and O–H groups in total. The Morgan fingerprint density at radius 1 is 0.929 bits per heavy atom. The van der Waals surface area contributed by atoms with Crippen molar-refractivity contribution in [1.29, 1.82) is 0 Å². The molecular weight excluding hydrogens is 174 g/mol. The van der Waals surface area contributed by atoms with Crippen molar-refractivity contribution in [3.05, 3.63) is 0 Å². The van der Waals surface area contributed by atoms with Crippen molar-refractivity contribution in [3.8, 4) is 0 Å². The Labute approximate surface area is 86.3 Å². The molecule has 1 saturated heterocycles. The summed E-state index contributed by atoms with van der Waals surface area (Å²) in [7, 11) is 0. The zero-order valence-corrected chi connectivity index (χ0v) is 8.86. The van der Waals surface area contributed by atoms with E-state index in [1.807, 2.05) is 0 Å². The van der Waals surface area contributed by atoms with Crippen molar-refractivity contribution in [3.63, 3.8) is 0 Å². The molecule has 0 unspecified atom stereocenters. The van der Waals surface area contributed by atoms with Gasteiger partial charge in [0, 0.05) is 12.0 Å². The summed E-state index contributed by atoms with van der Waals surface area (Å²) in [4.78, 5) is 2.65. The number of likely N-dealkylation sites (tertiary alicyclic amines) is 1. The van der Waals surface area contributed by atoms with Gasteiger partial charge in [0.2, 0.25) is 0 Å². The fourth-order valence-electron chi connectivity index (χ4n) is 3.96. The summed E-state index contributed by atoms with van der Waals surface area (Å²) in [6.07, 6.45) is 7.99. The second-order valence-corrected chi connectivity index (χ2v) is 5.38. The van der Waals surface area contributed by atoms with E-state index in [1.165, 1.54) is 51.6 Å². The molecule has 2 bridgehead atoms. The van der Waals surface area contributed by atoms with Crippen LogP contribution in [0.3, 0.4) is 0 Å². The van der Waals surface area contributed by atoms with Gasteiger partial charge in [-0.15, -0.1) is 0 Å². The van der Waals surface area contributed by atoms with Crippen LogP contribution in [-0.4, -0.2) is 35.2 Å². The normalized spacial score (nSPS) is 48.6. The highest BCUT2D eigenvalue weighted by atomic mass is 16.3. The highest BCUT2D eigenvalue weighted by Gasteiger charge is 2.45. The van der Waals surface area contributed by atoms with Gasteiger partial charge in [0.1, 0.15) is 0 Å². The van der Waals surface area contributed by atoms with E-state index in [-0.39, 0.29) is 6.10 Å². The maximum Gasteiger partial charge on any atom is 0.0611 e. The molecule has 4 atom stereocenters. The van der Waals surface area contributed by atoms with Gasteiger partial charge in [0.05, 0.1) is 6.10 Å². The third-order valence-corrected chi connectivity index (χ3v) is 4.73. The number of aliphatic hydroxyl groups is 1. The van der Waals surface area contributed by atoms with Crippen molar-refractivity contribution in [1.82, 2.24) is 4.90 Å². The average molecular weight is 195 g/mol. The van der Waals surface area contributed by atoms with Crippen LogP contribution in [0.4, 0.5) is 0 Å². The van der Waals surface area contributed by atoms with Crippen molar-refractivity contribution in [2.45, 2.75) is 50.7 Å². The van der Waals surface area contributed by atoms with Gasteiger partial charge in [-0.1, -0.05) is 0 Å². The molecule has 3 fully saturated rings. The van der Waals surface area contributed by atoms with Crippen LogP contribution < -0.4 is 0 Å². The fraction of sp³-hybridized carbons (Fsp3) is 1.00. The lowest BCUT2D eigenvalue weighted by Gasteiger charge is -2.39. The van der Waals surface area contributed by atoms with Crippen molar-refractivity contribution in [2.75, 3.05) is 13.1 Å². The molecule has 2 heteroatoms. The molecular formula is C12H21NO. The first-order valence-electron chi connectivity index (χ1n) is 6.28. The van der Waals surface area contributed by atoms with E-state index in [4.69, 9.17) is 0 Å². The van der Waals surface area contributed by atoms with Crippen LogP contribution >= 0.6 is 0 Å². The standard InChI is InChI=1S/C12H21NO/c14-12-9-3-5-10(12)11(6-4-9)13-7-1-2-8-13/h9-12,14H,1-8H2/t9-,10+,11+,12+/m0/s1. The Hall–Kier alpha value is -0.0800. The number of hydrogen-bond acceptors (Lipinski definition) is 2. The first-order valence-corrected chi connectivity index (χ1v) is 6.28. The average Bonchev–Trinajstić information content (AvgIpc) is 2.76. The lowest BCUT2D eigenvalue weighted by Crippen LogP contribution is -2.45. The van der Waals surface area contributed by atoms with Gasteiger partial charge < -0.3 is 10.0 Å². The van der Waals surface area contributed by atoms with E-state index in [0.29, 0.717) is 11.8 Å². The first kappa shape index (κ1) is 9.17. The largest absolute Gasteiger partial charge is 0.392 e. The van der Waals surface area contributed by atoms with Crippen LogP contribution in [0.15, 0.2) is 0 Å². The molecule has 14 heavy (non-hydrogen) atoms. The Kier molecular flexibility index (Phi) is 2.29. The Morgan fingerprint density at radius 3 is 2.43 bits per heavy atom. The summed E-state index contributed by atoms with van der Waals surface area (Å²) in [6, 6.07) is 0.728. The zero-order valence-electron chi connectivity index (χ0n) is 8.86. The number of nitrogens with zero attached hydrogens (tertiary/aromatic N) is 1. The third kappa shape index (κ3) is 1.31. The molecule has 0 aromatic carbocycles. The van der Waals surface area contributed by atoms with E-state index < -0.39 is 0 Å². The Balaban J connectivity index is 1.73. The van der Waals surface area contributed by atoms with Crippen LogP contribution in [0.5, 0.6) is 0 Å². The third-order valence-electron chi connectivity index (χ3n) is 4.73. The minimum atomic E-state index is 0.0364. The number of hydrogen-bond donors (Lipinski definition) is 1. The molecule has 3 rings (SSSR count). The van der Waals surface area contributed by atoms with Crippen molar-refractivity contribution >= 4 is 0 Å². The summed E-state index contributed by atoms with van der Waals surface area (Å²) in [5, 5.41) is 10.1. The smallest absolute Gasteiger partial charge is 0.0611 e. The topological polar surface area (TPSA) is 23.5 Å². The van der Waals surface area contributed by atoms with E-state index >= 15 is 0 Å². The van der Waals surface area contributed by atoms with E-state index in [9.17, 15) is 5.11 Å². The SMILES string of the molecule is O[C@@H]1[C@H]2CC[C@@H]1[C@H](N1CCCC1)CC2. The molecule has 0 aromatic rings. The fourth-order valence-corrected chi connectivity index (χ4v) is 3.96. The highest BCUT2D eigenvalue weighted by molar-refractivity contribution is 4.98. The summed E-state index contributed by atoms with van der Waals surface area (Å²) in [5.41, 5.74) is 0. The molecule has 3 aliphatic rings. The van der Waals surface area contributed by atoms with Crippen LogP contribution in [-0.2, 0) is 0 Å². The van der Waals surface area contributed by atoms with E-state index in [0.717, 1.165) is 6.04 Å². The minimum absolute atomic E-state index is 0.0364. The number of aliphatic hydroxyl groups excluding tert-OH is 1. The van der Waals surface area contributed by atoms with Gasteiger partial charge >= 0.3 is 0 Å². The molecule has 0 radical (unpaired) electrons. The monoisotopic (exact) mass is 195 g/mol. The lowest BCUT2D eigenvalue weighted by atomic mass is 9.81. The summed E-state index contributed by atoms with van der Waals surface area (Å²) < 4.78 is 0. The number of rotatable bonds is 1. The molecule has 2 saturated carbocycles. The zero-order chi connectivity index (χ0) is 9.54. The van der Waals surface area contributed by atoms with Crippen LogP contribution in [0.25, 0.3) is 0 Å². The van der Waals surface area contributed by atoms with E-state index in [2.05, 4.69) is 4.90 Å². The second-order valence-electron chi connectivity index (χ2n) is 5.38. The maximum absolute atomic E-state index is 10.1. The summed E-state index contributed by atoms with van der Waals surface area (Å²) >= 11 is 0. The molecule has 0 spiro atoms. The number of fused-ring (bicyclic) bond motifs is 2. The summed E-state index contributed by atoms with van der Waals surface area (Å²) in [5.74, 6) is 1.27. The molecule has 2 aliphatic carbocycles. The van der Waals surface area contributed by atoms with Gasteiger partial charge in [0.25, 0.3) is 0 Å². The van der Waals surface area contributed by atoms with Crippen LogP contribution in [0.1, 0.15) is 38.5 Å². The molecule has 2 nitrogen and oxygen atoms in total. The van der Waals surface area contributed by atoms with Gasteiger partial charge in [0.15, 0.2) is 0 Å². The van der Waals surface area contributed by atoms with Crippen molar-refractivity contribution < 1.29 is 5.11 Å². The molecule has 1 aliphatic heterocycles. The second kappa shape index (κ2) is 3.49.